The highest BCUT2D eigenvalue weighted by Crippen LogP contribution is 2.29. The van der Waals surface area contributed by atoms with Gasteiger partial charge in [-0.1, -0.05) is 27.2 Å². The first kappa shape index (κ1) is 13.4. The molecule has 2 fully saturated rings. The average molecular weight is 238 g/mol. The molecule has 0 aromatic rings. The summed E-state index contributed by atoms with van der Waals surface area (Å²) in [6, 6.07) is 1.63. The number of nitrogens with one attached hydrogen (secondary N) is 1. The van der Waals surface area contributed by atoms with Crippen molar-refractivity contribution in [3.8, 4) is 0 Å². The highest BCUT2D eigenvalue weighted by atomic mass is 15.2. The Balaban J connectivity index is 1.88. The van der Waals surface area contributed by atoms with E-state index in [0.717, 1.165) is 23.9 Å². The van der Waals surface area contributed by atoms with Crippen molar-refractivity contribution < 1.29 is 0 Å². The smallest absolute Gasteiger partial charge is 0.0235 e. The molecule has 0 aliphatic carbocycles. The van der Waals surface area contributed by atoms with Gasteiger partial charge in [0.25, 0.3) is 0 Å². The zero-order valence-electron chi connectivity index (χ0n) is 11.9. The molecule has 2 unspecified atom stereocenters. The molecule has 2 heterocycles. The van der Waals surface area contributed by atoms with E-state index in [2.05, 4.69) is 31.0 Å². The second-order valence-electron chi connectivity index (χ2n) is 6.23. The van der Waals surface area contributed by atoms with Crippen LogP contribution in [0, 0.1) is 11.8 Å². The summed E-state index contributed by atoms with van der Waals surface area (Å²) in [6.45, 7) is 11.0. The Morgan fingerprint density at radius 2 is 2.06 bits per heavy atom. The standard InChI is InChI=1S/C15H30N2/c1-4-12(3)9-14(5-2)17-10-13-7-6-8-16-15(13)11-17/h12-16H,4-11H2,1-3H3/t12?,13-,14?,15+/m0/s1. The van der Waals surface area contributed by atoms with Gasteiger partial charge in [-0.15, -0.1) is 0 Å². The number of piperidine rings is 1. The molecule has 2 aliphatic rings. The summed E-state index contributed by atoms with van der Waals surface area (Å²) in [6.07, 6.45) is 6.89. The van der Waals surface area contributed by atoms with E-state index < -0.39 is 0 Å². The van der Waals surface area contributed by atoms with Crippen molar-refractivity contribution in [3.05, 3.63) is 0 Å². The maximum atomic E-state index is 3.72. The predicted molar refractivity (Wildman–Crippen MR) is 74.2 cm³/mol. The summed E-state index contributed by atoms with van der Waals surface area (Å²) < 4.78 is 0. The number of rotatable bonds is 5. The van der Waals surface area contributed by atoms with E-state index in [0.29, 0.717) is 0 Å². The number of nitrogens with zero attached hydrogens (tertiary/aromatic N) is 1. The molecule has 0 radical (unpaired) electrons. The molecular weight excluding hydrogens is 208 g/mol. The van der Waals surface area contributed by atoms with Gasteiger partial charge in [0.05, 0.1) is 0 Å². The molecule has 100 valence electrons. The molecule has 0 bridgehead atoms. The van der Waals surface area contributed by atoms with Crippen LogP contribution < -0.4 is 5.32 Å². The molecule has 2 heteroatoms. The lowest BCUT2D eigenvalue weighted by Crippen LogP contribution is -2.41. The topological polar surface area (TPSA) is 15.3 Å². The van der Waals surface area contributed by atoms with E-state index in [1.807, 2.05) is 0 Å². The Labute approximate surface area is 107 Å². The van der Waals surface area contributed by atoms with E-state index in [4.69, 9.17) is 0 Å². The Kier molecular flexibility index (Phi) is 4.87. The quantitative estimate of drug-likeness (QED) is 0.792. The van der Waals surface area contributed by atoms with Crippen LogP contribution in [0.25, 0.3) is 0 Å². The first-order valence-corrected chi connectivity index (χ1v) is 7.72. The molecule has 0 aromatic heterocycles. The summed E-state index contributed by atoms with van der Waals surface area (Å²) >= 11 is 0. The van der Waals surface area contributed by atoms with Crippen molar-refractivity contribution in [1.82, 2.24) is 10.2 Å². The lowest BCUT2D eigenvalue weighted by atomic mass is 9.94. The fourth-order valence-electron chi connectivity index (χ4n) is 3.58. The highest BCUT2D eigenvalue weighted by molar-refractivity contribution is 4.94. The van der Waals surface area contributed by atoms with Gasteiger partial charge < -0.3 is 5.32 Å². The molecule has 2 rings (SSSR count). The van der Waals surface area contributed by atoms with Crippen LogP contribution in [0.3, 0.4) is 0 Å². The number of hydrogen-bond donors (Lipinski definition) is 1. The average Bonchev–Trinajstić information content (AvgIpc) is 2.78. The number of fused-ring (bicyclic) bond motifs is 1. The van der Waals surface area contributed by atoms with Gasteiger partial charge in [-0.25, -0.2) is 0 Å². The second-order valence-corrected chi connectivity index (χ2v) is 6.23. The van der Waals surface area contributed by atoms with Crippen LogP contribution in [0.15, 0.2) is 0 Å². The summed E-state index contributed by atoms with van der Waals surface area (Å²) in [5, 5.41) is 3.72. The van der Waals surface area contributed by atoms with Gasteiger partial charge in [-0.3, -0.25) is 4.90 Å². The molecule has 0 saturated carbocycles. The van der Waals surface area contributed by atoms with Crippen molar-refractivity contribution in [2.24, 2.45) is 11.8 Å². The molecule has 0 aromatic carbocycles. The highest BCUT2D eigenvalue weighted by Gasteiger charge is 2.36. The van der Waals surface area contributed by atoms with Gasteiger partial charge in [-0.2, -0.15) is 0 Å². The normalized spacial score (nSPS) is 33.4. The zero-order chi connectivity index (χ0) is 12.3. The Morgan fingerprint density at radius 3 is 2.71 bits per heavy atom. The van der Waals surface area contributed by atoms with Crippen molar-refractivity contribution >= 4 is 0 Å². The van der Waals surface area contributed by atoms with E-state index in [-0.39, 0.29) is 0 Å². The number of likely N-dealkylation sites (tertiary alicyclic amines) is 1. The molecule has 17 heavy (non-hydrogen) atoms. The zero-order valence-corrected chi connectivity index (χ0v) is 11.9. The Bertz CT molecular complexity index is 215. The van der Waals surface area contributed by atoms with Gasteiger partial charge in [0.1, 0.15) is 0 Å². The third-order valence-corrected chi connectivity index (χ3v) is 4.99. The summed E-state index contributed by atoms with van der Waals surface area (Å²) in [5.41, 5.74) is 0. The third-order valence-electron chi connectivity index (χ3n) is 4.99. The maximum Gasteiger partial charge on any atom is 0.0235 e. The van der Waals surface area contributed by atoms with Crippen LogP contribution >= 0.6 is 0 Å². The summed E-state index contributed by atoms with van der Waals surface area (Å²) in [7, 11) is 0. The van der Waals surface area contributed by atoms with Crippen LogP contribution in [0.1, 0.15) is 52.9 Å². The molecular formula is C15H30N2. The van der Waals surface area contributed by atoms with Gasteiger partial charge in [0.15, 0.2) is 0 Å². The lowest BCUT2D eigenvalue weighted by Gasteiger charge is -2.29. The van der Waals surface area contributed by atoms with Gasteiger partial charge >= 0.3 is 0 Å². The van der Waals surface area contributed by atoms with Crippen LogP contribution in [0.2, 0.25) is 0 Å². The number of hydrogen-bond acceptors (Lipinski definition) is 2. The van der Waals surface area contributed by atoms with Crippen molar-refractivity contribution in [2.45, 2.75) is 65.0 Å². The molecule has 4 atom stereocenters. The van der Waals surface area contributed by atoms with E-state index in [9.17, 15) is 0 Å². The molecule has 2 saturated heterocycles. The van der Waals surface area contributed by atoms with Crippen LogP contribution in [-0.4, -0.2) is 36.6 Å². The van der Waals surface area contributed by atoms with Crippen LogP contribution in [0.5, 0.6) is 0 Å². The minimum Gasteiger partial charge on any atom is -0.312 e. The Hall–Kier alpha value is -0.0800. The van der Waals surface area contributed by atoms with Crippen LogP contribution in [-0.2, 0) is 0 Å². The minimum atomic E-state index is 0.801. The van der Waals surface area contributed by atoms with Gasteiger partial charge in [0.2, 0.25) is 0 Å². The van der Waals surface area contributed by atoms with Crippen LogP contribution in [0.4, 0.5) is 0 Å². The fourth-order valence-corrected chi connectivity index (χ4v) is 3.58. The van der Waals surface area contributed by atoms with E-state index in [1.165, 1.54) is 51.7 Å². The first-order chi connectivity index (χ1) is 8.24. The lowest BCUT2D eigenvalue weighted by molar-refractivity contribution is 0.193. The maximum absolute atomic E-state index is 3.72. The molecule has 0 amide bonds. The molecule has 1 N–H and O–H groups in total. The predicted octanol–water partition coefficient (Wildman–Crippen LogP) is 2.89. The summed E-state index contributed by atoms with van der Waals surface area (Å²) in [4.78, 5) is 2.78. The van der Waals surface area contributed by atoms with E-state index >= 15 is 0 Å². The monoisotopic (exact) mass is 238 g/mol. The van der Waals surface area contributed by atoms with Gasteiger partial charge in [0, 0.05) is 25.2 Å². The molecule has 2 aliphatic heterocycles. The second kappa shape index (κ2) is 6.19. The van der Waals surface area contributed by atoms with Gasteiger partial charge in [-0.05, 0) is 44.1 Å². The molecule has 2 nitrogen and oxygen atoms in total. The fraction of sp³-hybridized carbons (Fsp3) is 1.00. The summed E-state index contributed by atoms with van der Waals surface area (Å²) in [5.74, 6) is 1.82. The Morgan fingerprint density at radius 1 is 1.24 bits per heavy atom. The first-order valence-electron chi connectivity index (χ1n) is 7.72. The SMILES string of the molecule is CCC(C)CC(CC)N1C[C@@H]2CCCN[C@@H]2C1. The minimum absolute atomic E-state index is 0.801. The van der Waals surface area contributed by atoms with Crippen molar-refractivity contribution in [1.29, 1.82) is 0 Å². The third kappa shape index (κ3) is 3.23. The van der Waals surface area contributed by atoms with Crippen molar-refractivity contribution in [3.63, 3.8) is 0 Å². The van der Waals surface area contributed by atoms with E-state index in [1.54, 1.807) is 0 Å². The van der Waals surface area contributed by atoms with Crippen molar-refractivity contribution in [2.75, 3.05) is 19.6 Å². The largest absolute Gasteiger partial charge is 0.312 e. The molecule has 0 spiro atoms.